The minimum atomic E-state index is -0.919. The van der Waals surface area contributed by atoms with Gasteiger partial charge in [-0.25, -0.2) is 0 Å². The average molecular weight is 294 g/mol. The lowest BCUT2D eigenvalue weighted by Gasteiger charge is -2.54. The molecule has 1 heteroatoms. The van der Waals surface area contributed by atoms with Crippen molar-refractivity contribution in [1.29, 1.82) is 0 Å². The topological polar surface area (TPSA) is 20.2 Å². The first-order chi connectivity index (χ1) is 10.5. The quantitative estimate of drug-likeness (QED) is 0.764. The van der Waals surface area contributed by atoms with Gasteiger partial charge in [-0.15, -0.1) is 0 Å². The van der Waals surface area contributed by atoms with Crippen molar-refractivity contribution in [2.75, 3.05) is 0 Å². The molecule has 0 spiro atoms. The van der Waals surface area contributed by atoms with Crippen LogP contribution in [0.15, 0.2) is 24.3 Å². The standard InChI is InChI=1S/C21H26O/c1-21(2,22)8-7-16-5-3-4-6-19(16)20-17-10-14-9-15(12-17)13-18(20)11-14/h3-6,14-15,17-18,20,22H,9-13H2,1-2H3. The van der Waals surface area contributed by atoms with Crippen LogP contribution >= 0.6 is 0 Å². The fourth-order valence-corrected chi connectivity index (χ4v) is 5.55. The molecule has 1 aromatic rings. The first-order valence-corrected chi connectivity index (χ1v) is 8.84. The molecular weight excluding hydrogens is 268 g/mol. The van der Waals surface area contributed by atoms with Gasteiger partial charge >= 0.3 is 0 Å². The molecule has 0 aromatic heterocycles. The molecule has 4 saturated carbocycles. The molecule has 1 N–H and O–H groups in total. The molecule has 1 nitrogen and oxygen atoms in total. The van der Waals surface area contributed by atoms with Gasteiger partial charge in [-0.1, -0.05) is 30.0 Å². The van der Waals surface area contributed by atoms with Crippen LogP contribution in [0.4, 0.5) is 0 Å². The maximum Gasteiger partial charge on any atom is 0.120 e. The highest BCUT2D eigenvalue weighted by atomic mass is 16.3. The van der Waals surface area contributed by atoms with Crippen LogP contribution in [0.2, 0.25) is 0 Å². The van der Waals surface area contributed by atoms with E-state index in [0.29, 0.717) is 5.92 Å². The molecule has 4 aliphatic carbocycles. The Kier molecular flexibility index (Phi) is 3.35. The number of hydrogen-bond acceptors (Lipinski definition) is 1. The predicted molar refractivity (Wildman–Crippen MR) is 89.4 cm³/mol. The van der Waals surface area contributed by atoms with Crippen molar-refractivity contribution in [2.45, 2.75) is 57.5 Å². The van der Waals surface area contributed by atoms with Crippen molar-refractivity contribution in [3.05, 3.63) is 35.4 Å². The molecule has 22 heavy (non-hydrogen) atoms. The summed E-state index contributed by atoms with van der Waals surface area (Å²) in [6.45, 7) is 3.51. The summed E-state index contributed by atoms with van der Waals surface area (Å²) in [5.74, 6) is 10.7. The van der Waals surface area contributed by atoms with Gasteiger partial charge in [-0.05, 0) is 87.2 Å². The minimum Gasteiger partial charge on any atom is -0.378 e. The van der Waals surface area contributed by atoms with Crippen molar-refractivity contribution in [3.63, 3.8) is 0 Å². The Morgan fingerprint density at radius 2 is 1.55 bits per heavy atom. The SMILES string of the molecule is CC(C)(O)C#Cc1ccccc1C1C2CC3CC(C2)CC1C3. The lowest BCUT2D eigenvalue weighted by molar-refractivity contribution is -0.00285. The van der Waals surface area contributed by atoms with Crippen LogP contribution < -0.4 is 0 Å². The highest BCUT2D eigenvalue weighted by molar-refractivity contribution is 5.45. The van der Waals surface area contributed by atoms with E-state index >= 15 is 0 Å². The molecule has 0 unspecified atom stereocenters. The second-order valence-electron chi connectivity index (χ2n) is 8.35. The zero-order valence-electron chi connectivity index (χ0n) is 13.7. The van der Waals surface area contributed by atoms with Gasteiger partial charge in [0.2, 0.25) is 0 Å². The molecular formula is C21H26O. The lowest BCUT2D eigenvalue weighted by atomic mass is 9.50. The minimum absolute atomic E-state index is 0.708. The highest BCUT2D eigenvalue weighted by Gasteiger charge is 2.48. The zero-order chi connectivity index (χ0) is 15.3. The molecule has 0 aliphatic heterocycles. The van der Waals surface area contributed by atoms with Gasteiger partial charge in [0.25, 0.3) is 0 Å². The summed E-state index contributed by atoms with van der Waals surface area (Å²) < 4.78 is 0. The third-order valence-corrected chi connectivity index (χ3v) is 6.05. The van der Waals surface area contributed by atoms with E-state index in [2.05, 4.69) is 36.1 Å². The summed E-state index contributed by atoms with van der Waals surface area (Å²) in [4.78, 5) is 0. The van der Waals surface area contributed by atoms with Crippen LogP contribution in [0.25, 0.3) is 0 Å². The van der Waals surface area contributed by atoms with Gasteiger partial charge in [0, 0.05) is 5.56 Å². The molecule has 4 aliphatic rings. The van der Waals surface area contributed by atoms with Gasteiger partial charge in [0.1, 0.15) is 5.60 Å². The van der Waals surface area contributed by atoms with Crippen LogP contribution in [0, 0.1) is 35.5 Å². The first kappa shape index (κ1) is 14.3. The summed E-state index contributed by atoms with van der Waals surface area (Å²) in [6.07, 6.45) is 7.24. The van der Waals surface area contributed by atoms with E-state index in [0.717, 1.165) is 29.2 Å². The summed E-state index contributed by atoms with van der Waals surface area (Å²) in [7, 11) is 0. The fourth-order valence-electron chi connectivity index (χ4n) is 5.55. The van der Waals surface area contributed by atoms with Crippen LogP contribution in [-0.2, 0) is 0 Å². The van der Waals surface area contributed by atoms with E-state index < -0.39 is 5.60 Å². The van der Waals surface area contributed by atoms with Crippen molar-refractivity contribution in [3.8, 4) is 11.8 Å². The van der Waals surface area contributed by atoms with E-state index in [9.17, 15) is 5.11 Å². The second kappa shape index (κ2) is 5.14. The number of hydrogen-bond donors (Lipinski definition) is 1. The third kappa shape index (κ3) is 2.59. The van der Waals surface area contributed by atoms with E-state index in [1.807, 2.05) is 0 Å². The Bertz CT molecular complexity index is 597. The predicted octanol–water partition coefficient (Wildman–Crippen LogP) is 4.35. The zero-order valence-corrected chi connectivity index (χ0v) is 13.7. The normalized spacial score (nSPS) is 36.0. The number of aliphatic hydroxyl groups is 1. The molecule has 0 radical (unpaired) electrons. The van der Waals surface area contributed by atoms with Crippen LogP contribution in [0.1, 0.15) is 63.0 Å². The molecule has 0 saturated heterocycles. The molecule has 1 aromatic carbocycles. The van der Waals surface area contributed by atoms with E-state index in [1.165, 1.54) is 37.7 Å². The molecule has 4 fully saturated rings. The third-order valence-electron chi connectivity index (χ3n) is 6.05. The monoisotopic (exact) mass is 294 g/mol. The van der Waals surface area contributed by atoms with Crippen LogP contribution in [0.3, 0.4) is 0 Å². The molecule has 0 heterocycles. The second-order valence-corrected chi connectivity index (χ2v) is 8.35. The molecule has 0 amide bonds. The molecule has 5 rings (SSSR count). The van der Waals surface area contributed by atoms with Gasteiger partial charge < -0.3 is 5.11 Å². The van der Waals surface area contributed by atoms with Gasteiger partial charge in [0.05, 0.1) is 0 Å². The molecule has 4 bridgehead atoms. The summed E-state index contributed by atoms with van der Waals surface area (Å²) in [6, 6.07) is 8.67. The smallest absolute Gasteiger partial charge is 0.120 e. The molecule has 116 valence electrons. The number of benzene rings is 1. The van der Waals surface area contributed by atoms with Crippen molar-refractivity contribution in [1.82, 2.24) is 0 Å². The first-order valence-electron chi connectivity index (χ1n) is 8.84. The largest absolute Gasteiger partial charge is 0.378 e. The Morgan fingerprint density at radius 3 is 2.14 bits per heavy atom. The van der Waals surface area contributed by atoms with Crippen LogP contribution in [0.5, 0.6) is 0 Å². The van der Waals surface area contributed by atoms with Gasteiger partial charge in [-0.2, -0.15) is 0 Å². The summed E-state index contributed by atoms with van der Waals surface area (Å²) >= 11 is 0. The van der Waals surface area contributed by atoms with E-state index in [-0.39, 0.29) is 0 Å². The van der Waals surface area contributed by atoms with Crippen molar-refractivity contribution in [2.24, 2.45) is 23.7 Å². The van der Waals surface area contributed by atoms with Crippen molar-refractivity contribution < 1.29 is 5.11 Å². The summed E-state index contributed by atoms with van der Waals surface area (Å²) in [5, 5.41) is 9.91. The van der Waals surface area contributed by atoms with Gasteiger partial charge in [0.15, 0.2) is 0 Å². The maximum atomic E-state index is 9.91. The highest BCUT2D eigenvalue weighted by Crippen LogP contribution is 2.60. The Balaban J connectivity index is 1.69. The van der Waals surface area contributed by atoms with E-state index in [1.54, 1.807) is 13.8 Å². The Labute approximate surface area is 134 Å². The van der Waals surface area contributed by atoms with Gasteiger partial charge in [-0.3, -0.25) is 0 Å². The number of rotatable bonds is 1. The van der Waals surface area contributed by atoms with Crippen LogP contribution in [-0.4, -0.2) is 10.7 Å². The average Bonchev–Trinajstić information content (AvgIpc) is 2.44. The molecule has 0 atom stereocenters. The maximum absolute atomic E-state index is 9.91. The van der Waals surface area contributed by atoms with E-state index in [4.69, 9.17) is 0 Å². The Morgan fingerprint density at radius 1 is 0.955 bits per heavy atom. The Hall–Kier alpha value is -1.26. The summed E-state index contributed by atoms with van der Waals surface area (Å²) in [5.41, 5.74) is 1.67. The van der Waals surface area contributed by atoms with Crippen molar-refractivity contribution >= 4 is 0 Å². The lowest BCUT2D eigenvalue weighted by Crippen LogP contribution is -2.44. The fraction of sp³-hybridized carbons (Fsp3) is 0.619.